The summed E-state index contributed by atoms with van der Waals surface area (Å²) < 4.78 is 8.52. The van der Waals surface area contributed by atoms with Crippen LogP contribution >= 0.6 is 0 Å². The molecule has 1 N–H and O–H groups in total. The zero-order valence-electron chi connectivity index (χ0n) is 24.1. The monoisotopic (exact) mass is 582 g/mol. The Balaban J connectivity index is 1.28. The lowest BCUT2D eigenvalue weighted by molar-refractivity contribution is -0.156. The van der Waals surface area contributed by atoms with Gasteiger partial charge in [-0.15, -0.1) is 5.10 Å². The number of aliphatic hydroxyl groups is 1. The number of benzene rings is 2. The normalized spacial score (nSPS) is 30.8. The van der Waals surface area contributed by atoms with Crippen LogP contribution in [0, 0.1) is 11.8 Å². The maximum atomic E-state index is 14.5. The number of amides is 3. The highest BCUT2D eigenvalue weighted by Gasteiger charge is 2.75. The van der Waals surface area contributed by atoms with Gasteiger partial charge in [0.1, 0.15) is 23.8 Å². The van der Waals surface area contributed by atoms with E-state index in [-0.39, 0.29) is 37.5 Å². The van der Waals surface area contributed by atoms with E-state index in [4.69, 9.17) is 4.74 Å². The molecule has 1 spiro atoms. The van der Waals surface area contributed by atoms with Crippen molar-refractivity contribution < 1.29 is 24.2 Å². The van der Waals surface area contributed by atoms with Crippen LogP contribution in [0.3, 0.4) is 0 Å². The minimum Gasteiger partial charge on any atom is -0.394 e. The van der Waals surface area contributed by atoms with Crippen LogP contribution in [0.1, 0.15) is 19.4 Å². The zero-order valence-corrected chi connectivity index (χ0v) is 24.1. The SMILES string of the molecule is C[C@H](CO)N1C(=O)[C@@H]2[C@@H]3C(=O)N(Cc4ccccc4)CC=C[C@]3(C)O[C@@]23C=CCN(Cn2nnc4ccccc42)C(=O)C13. The number of hydrogen-bond donors (Lipinski definition) is 1. The molecule has 4 aliphatic rings. The number of likely N-dealkylation sites (tertiary alicyclic amines) is 1. The Hall–Kier alpha value is -4.35. The molecule has 0 bridgehead atoms. The topological polar surface area (TPSA) is 121 Å². The Morgan fingerprint density at radius 2 is 1.65 bits per heavy atom. The minimum absolute atomic E-state index is 0.112. The number of carbonyl (C=O) groups excluding carboxylic acids is 3. The van der Waals surface area contributed by atoms with E-state index in [1.54, 1.807) is 21.4 Å². The molecule has 0 saturated carbocycles. The summed E-state index contributed by atoms with van der Waals surface area (Å²) >= 11 is 0. The second-order valence-corrected chi connectivity index (χ2v) is 12.1. The summed E-state index contributed by atoms with van der Waals surface area (Å²) in [6.45, 7) is 4.33. The van der Waals surface area contributed by atoms with E-state index in [0.717, 1.165) is 11.1 Å². The number of fused-ring (bicyclic) bond motifs is 3. The van der Waals surface area contributed by atoms with Gasteiger partial charge in [-0.25, -0.2) is 4.68 Å². The Kier molecular flexibility index (Phi) is 6.48. The van der Waals surface area contributed by atoms with Crippen LogP contribution in [0.2, 0.25) is 0 Å². The number of aliphatic hydroxyl groups excluding tert-OH is 1. The van der Waals surface area contributed by atoms with Gasteiger partial charge in [-0.3, -0.25) is 14.4 Å². The number of ether oxygens (including phenoxy) is 1. The molecule has 6 atom stereocenters. The lowest BCUT2D eigenvalue weighted by atomic mass is 9.74. The van der Waals surface area contributed by atoms with E-state index in [9.17, 15) is 19.5 Å². The highest BCUT2D eigenvalue weighted by atomic mass is 16.5. The summed E-state index contributed by atoms with van der Waals surface area (Å²) in [6, 6.07) is 15.5. The Labute approximate surface area is 249 Å². The molecule has 2 fully saturated rings. The lowest BCUT2D eigenvalue weighted by Crippen LogP contribution is -2.58. The number of para-hydroxylation sites is 1. The predicted octanol–water partition coefficient (Wildman–Crippen LogP) is 1.74. The van der Waals surface area contributed by atoms with Gasteiger partial charge in [-0.05, 0) is 31.5 Å². The standard InChI is InChI=1S/C32H34N6O5/c1-21(19-39)38-27-30(42)36(20-37-24-13-7-6-12-23(24)33-34-37)17-9-15-32(27)26(29(38)41)25-28(40)35(16-8-14-31(25,2)43-32)18-22-10-4-3-5-11-22/h3-15,21,25-27,39H,16-20H2,1-2H3/t21-,25-,26+,27?,31+,32+/m1/s1. The van der Waals surface area contributed by atoms with Gasteiger partial charge in [0.25, 0.3) is 5.91 Å². The van der Waals surface area contributed by atoms with Gasteiger partial charge in [0.2, 0.25) is 11.8 Å². The van der Waals surface area contributed by atoms with Crippen LogP contribution < -0.4 is 0 Å². The van der Waals surface area contributed by atoms with Gasteiger partial charge >= 0.3 is 0 Å². The van der Waals surface area contributed by atoms with Gasteiger partial charge in [-0.1, -0.05) is 72.0 Å². The number of rotatable bonds is 6. The first-order valence-corrected chi connectivity index (χ1v) is 14.7. The summed E-state index contributed by atoms with van der Waals surface area (Å²) in [5.74, 6) is -2.70. The summed E-state index contributed by atoms with van der Waals surface area (Å²) in [5, 5.41) is 18.7. The van der Waals surface area contributed by atoms with Crippen LogP contribution in [0.4, 0.5) is 0 Å². The third kappa shape index (κ3) is 4.13. The fraction of sp³-hybridized carbons (Fsp3) is 0.406. The van der Waals surface area contributed by atoms with Crippen molar-refractivity contribution in [2.75, 3.05) is 19.7 Å². The van der Waals surface area contributed by atoms with E-state index in [0.29, 0.717) is 18.6 Å². The van der Waals surface area contributed by atoms with Crippen LogP contribution in [0.15, 0.2) is 78.9 Å². The van der Waals surface area contributed by atoms with Crippen LogP contribution in [-0.2, 0) is 32.3 Å². The maximum Gasteiger partial charge on any atom is 0.250 e. The van der Waals surface area contributed by atoms with Gasteiger partial charge in [0.15, 0.2) is 0 Å². The van der Waals surface area contributed by atoms with Gasteiger partial charge in [-0.2, -0.15) is 0 Å². The Morgan fingerprint density at radius 1 is 0.930 bits per heavy atom. The van der Waals surface area contributed by atoms with Crippen molar-refractivity contribution in [3.05, 3.63) is 84.5 Å². The average Bonchev–Trinajstić information content (AvgIpc) is 3.55. The molecule has 4 aliphatic heterocycles. The number of carbonyl (C=O) groups is 3. The predicted molar refractivity (Wildman–Crippen MR) is 156 cm³/mol. The van der Waals surface area contributed by atoms with Crippen LogP contribution in [-0.4, -0.2) is 95.5 Å². The molecule has 0 aliphatic carbocycles. The molecular weight excluding hydrogens is 548 g/mol. The molecular formula is C32H34N6O5. The molecule has 222 valence electrons. The molecule has 43 heavy (non-hydrogen) atoms. The van der Waals surface area contributed by atoms with Crippen LogP contribution in [0.25, 0.3) is 11.0 Å². The van der Waals surface area contributed by atoms with Crippen molar-refractivity contribution in [1.29, 1.82) is 0 Å². The average molecular weight is 583 g/mol. The van der Waals surface area contributed by atoms with Gasteiger partial charge in [0.05, 0.1) is 35.6 Å². The van der Waals surface area contributed by atoms with E-state index in [1.165, 1.54) is 4.90 Å². The van der Waals surface area contributed by atoms with Crippen molar-refractivity contribution in [1.82, 2.24) is 29.7 Å². The Morgan fingerprint density at radius 3 is 2.44 bits per heavy atom. The lowest BCUT2D eigenvalue weighted by Gasteiger charge is -2.39. The van der Waals surface area contributed by atoms with E-state index >= 15 is 0 Å². The maximum absolute atomic E-state index is 14.5. The molecule has 5 heterocycles. The molecule has 3 amide bonds. The van der Waals surface area contributed by atoms with Crippen molar-refractivity contribution in [3.8, 4) is 0 Å². The molecule has 2 aromatic carbocycles. The van der Waals surface area contributed by atoms with Crippen molar-refractivity contribution in [2.45, 2.75) is 50.3 Å². The molecule has 11 nitrogen and oxygen atoms in total. The highest BCUT2D eigenvalue weighted by molar-refractivity contribution is 6.00. The molecule has 1 aromatic heterocycles. The quantitative estimate of drug-likeness (QED) is 0.440. The third-order valence-electron chi connectivity index (χ3n) is 9.34. The van der Waals surface area contributed by atoms with Crippen molar-refractivity contribution in [2.24, 2.45) is 11.8 Å². The fourth-order valence-corrected chi connectivity index (χ4v) is 7.38. The van der Waals surface area contributed by atoms with Crippen LogP contribution in [0.5, 0.6) is 0 Å². The summed E-state index contributed by atoms with van der Waals surface area (Å²) in [5.41, 5.74) is -0.0431. The molecule has 3 aromatic rings. The number of nitrogens with zero attached hydrogens (tertiary/aromatic N) is 6. The van der Waals surface area contributed by atoms with E-state index in [1.807, 2.05) is 85.8 Å². The summed E-state index contributed by atoms with van der Waals surface area (Å²) in [6.07, 6.45) is 7.44. The third-order valence-corrected chi connectivity index (χ3v) is 9.34. The van der Waals surface area contributed by atoms with E-state index < -0.39 is 35.1 Å². The summed E-state index contributed by atoms with van der Waals surface area (Å²) in [7, 11) is 0. The second kappa shape index (κ2) is 10.1. The smallest absolute Gasteiger partial charge is 0.250 e. The minimum atomic E-state index is -1.40. The molecule has 11 heteroatoms. The zero-order chi connectivity index (χ0) is 29.9. The van der Waals surface area contributed by atoms with Gasteiger partial charge < -0.3 is 24.5 Å². The van der Waals surface area contributed by atoms with Crippen molar-refractivity contribution >= 4 is 28.8 Å². The molecule has 0 radical (unpaired) electrons. The number of hydrogen-bond acceptors (Lipinski definition) is 7. The van der Waals surface area contributed by atoms with Crippen molar-refractivity contribution in [3.63, 3.8) is 0 Å². The highest BCUT2D eigenvalue weighted by Crippen LogP contribution is 2.57. The molecule has 2 saturated heterocycles. The largest absolute Gasteiger partial charge is 0.394 e. The summed E-state index contributed by atoms with van der Waals surface area (Å²) in [4.78, 5) is 48.1. The van der Waals surface area contributed by atoms with E-state index in [2.05, 4.69) is 10.3 Å². The second-order valence-electron chi connectivity index (χ2n) is 12.1. The molecule has 7 rings (SSSR count). The van der Waals surface area contributed by atoms with Gasteiger partial charge in [0, 0.05) is 19.6 Å². The molecule has 1 unspecified atom stereocenters. The first-order valence-electron chi connectivity index (χ1n) is 14.7. The first kappa shape index (κ1) is 27.5. The first-order chi connectivity index (χ1) is 20.8. The Bertz CT molecular complexity index is 1650. The fourth-order valence-electron chi connectivity index (χ4n) is 7.38. The number of aromatic nitrogens is 3.